The normalized spacial score (nSPS) is 18.6. The quantitative estimate of drug-likeness (QED) is 0.365. The third kappa shape index (κ3) is 4.99. The maximum Gasteiger partial charge on any atom is 0.410 e. The van der Waals surface area contributed by atoms with E-state index >= 15 is 0 Å². The lowest BCUT2D eigenvalue weighted by Crippen LogP contribution is -2.47. The summed E-state index contributed by atoms with van der Waals surface area (Å²) in [5.74, 6) is 1.31. The first-order chi connectivity index (χ1) is 17.2. The Morgan fingerprint density at radius 1 is 0.800 bits per heavy atom. The summed E-state index contributed by atoms with van der Waals surface area (Å²) in [5.41, 5.74) is 4.17. The Balaban J connectivity index is 1.50. The van der Waals surface area contributed by atoms with Crippen LogP contribution in [0.3, 0.4) is 0 Å². The van der Waals surface area contributed by atoms with E-state index in [1.165, 1.54) is 0 Å². The molecule has 5 heteroatoms. The summed E-state index contributed by atoms with van der Waals surface area (Å²) in [6.07, 6.45) is -1.14. The molecule has 5 nitrogen and oxygen atoms in total. The van der Waals surface area contributed by atoms with Gasteiger partial charge in [-0.2, -0.15) is 0 Å². The van der Waals surface area contributed by atoms with Gasteiger partial charge in [0.1, 0.15) is 18.1 Å². The zero-order chi connectivity index (χ0) is 24.0. The fourth-order valence-electron chi connectivity index (χ4n) is 4.66. The maximum atomic E-state index is 12.9. The Hall–Kier alpha value is -4.25. The van der Waals surface area contributed by atoms with Crippen molar-refractivity contribution in [3.63, 3.8) is 0 Å². The van der Waals surface area contributed by atoms with Crippen molar-refractivity contribution in [2.75, 3.05) is 7.11 Å². The first kappa shape index (κ1) is 22.5. The predicted octanol–water partition coefficient (Wildman–Crippen LogP) is 6.26. The Kier molecular flexibility index (Phi) is 6.66. The van der Waals surface area contributed by atoms with Gasteiger partial charge in [-0.15, -0.1) is 0 Å². The molecule has 0 saturated carbocycles. The second kappa shape index (κ2) is 10.3. The number of carbonyl (C=O) groups is 1. The van der Waals surface area contributed by atoms with Crippen LogP contribution in [0.1, 0.15) is 34.1 Å². The van der Waals surface area contributed by atoms with Crippen LogP contribution in [0, 0.1) is 0 Å². The van der Waals surface area contributed by atoms with E-state index in [4.69, 9.17) is 14.2 Å². The van der Waals surface area contributed by atoms with E-state index in [1.807, 2.05) is 78.9 Å². The first-order valence-corrected chi connectivity index (χ1v) is 11.6. The van der Waals surface area contributed by atoms with E-state index in [1.54, 1.807) is 7.11 Å². The lowest BCUT2D eigenvalue weighted by atomic mass is 9.74. The van der Waals surface area contributed by atoms with Crippen LogP contribution in [-0.4, -0.2) is 19.4 Å². The summed E-state index contributed by atoms with van der Waals surface area (Å²) in [4.78, 5) is 12.9. The molecule has 1 aliphatic heterocycles. The lowest BCUT2D eigenvalue weighted by Gasteiger charge is -2.40. The number of fused-ring (bicyclic) bond motifs is 1. The minimum atomic E-state index is -0.623. The number of ether oxygens (including phenoxy) is 3. The third-order valence-electron chi connectivity index (χ3n) is 6.33. The second-order valence-electron chi connectivity index (χ2n) is 8.47. The zero-order valence-electron chi connectivity index (χ0n) is 19.5. The molecule has 0 bridgehead atoms. The molecule has 0 saturated heterocycles. The highest BCUT2D eigenvalue weighted by Gasteiger charge is 2.41. The molecule has 4 aromatic carbocycles. The van der Waals surface area contributed by atoms with Gasteiger partial charge in [0.15, 0.2) is 6.23 Å². The van der Waals surface area contributed by atoms with Crippen LogP contribution in [0.4, 0.5) is 4.79 Å². The maximum absolute atomic E-state index is 12.9. The van der Waals surface area contributed by atoms with Crippen LogP contribution < -0.4 is 14.8 Å². The highest BCUT2D eigenvalue weighted by molar-refractivity contribution is 5.68. The standard InChI is InChI=1S/C30H27NO4/c1-33-24-18-16-23(17-19-24)27-25-14-8-9-15-26(25)35-29(28(27)22-12-6-3-7-13-22)31-30(32)34-20-21-10-4-2-5-11-21/h2-19,27-29H,20H2,1H3,(H,31,32)/t27-,28+,29+/m1/s1. The van der Waals surface area contributed by atoms with E-state index < -0.39 is 12.3 Å². The molecular formula is C30H27NO4. The number of amides is 1. The van der Waals surface area contributed by atoms with Gasteiger partial charge in [0, 0.05) is 11.5 Å². The van der Waals surface area contributed by atoms with Gasteiger partial charge in [0.05, 0.1) is 13.0 Å². The smallest absolute Gasteiger partial charge is 0.410 e. The van der Waals surface area contributed by atoms with E-state index in [2.05, 4.69) is 35.6 Å². The van der Waals surface area contributed by atoms with Crippen LogP contribution in [0.15, 0.2) is 109 Å². The van der Waals surface area contributed by atoms with Crippen molar-refractivity contribution >= 4 is 6.09 Å². The molecule has 1 N–H and O–H groups in total. The molecule has 1 heterocycles. The average Bonchev–Trinajstić information content (AvgIpc) is 2.92. The highest BCUT2D eigenvalue weighted by Crippen LogP contribution is 2.48. The number of alkyl carbamates (subject to hydrolysis) is 1. The number of hydrogen-bond acceptors (Lipinski definition) is 4. The molecule has 0 radical (unpaired) electrons. The largest absolute Gasteiger partial charge is 0.497 e. The Morgan fingerprint density at radius 3 is 2.17 bits per heavy atom. The molecule has 0 aliphatic carbocycles. The van der Waals surface area contributed by atoms with Crippen molar-refractivity contribution in [2.45, 2.75) is 24.7 Å². The molecule has 3 atom stereocenters. The fourth-order valence-corrected chi connectivity index (χ4v) is 4.66. The molecule has 0 fully saturated rings. The lowest BCUT2D eigenvalue weighted by molar-refractivity contribution is 0.0803. The summed E-state index contributed by atoms with van der Waals surface area (Å²) in [6, 6.07) is 35.8. The highest BCUT2D eigenvalue weighted by atomic mass is 16.6. The summed E-state index contributed by atoms with van der Waals surface area (Å²) in [7, 11) is 1.66. The molecule has 176 valence electrons. The van der Waals surface area contributed by atoms with Crippen LogP contribution in [0.2, 0.25) is 0 Å². The summed E-state index contributed by atoms with van der Waals surface area (Å²) in [5, 5.41) is 2.99. The van der Waals surface area contributed by atoms with Crippen LogP contribution in [-0.2, 0) is 11.3 Å². The summed E-state index contributed by atoms with van der Waals surface area (Å²) in [6.45, 7) is 0.188. The van der Waals surface area contributed by atoms with Gasteiger partial charge in [-0.3, -0.25) is 5.32 Å². The zero-order valence-corrected chi connectivity index (χ0v) is 19.5. The topological polar surface area (TPSA) is 56.8 Å². The van der Waals surface area contributed by atoms with Crippen molar-refractivity contribution in [1.29, 1.82) is 0 Å². The minimum Gasteiger partial charge on any atom is -0.497 e. The van der Waals surface area contributed by atoms with E-state index in [0.29, 0.717) is 0 Å². The number of carbonyl (C=O) groups excluding carboxylic acids is 1. The number of benzene rings is 4. The fraction of sp³-hybridized carbons (Fsp3) is 0.167. The number of hydrogen-bond donors (Lipinski definition) is 1. The molecule has 35 heavy (non-hydrogen) atoms. The average molecular weight is 466 g/mol. The molecule has 0 aromatic heterocycles. The first-order valence-electron chi connectivity index (χ1n) is 11.6. The Labute approximate surface area is 205 Å². The minimum absolute atomic E-state index is 0.0484. The predicted molar refractivity (Wildman–Crippen MR) is 135 cm³/mol. The summed E-state index contributed by atoms with van der Waals surface area (Å²) < 4.78 is 17.3. The molecule has 5 rings (SSSR count). The van der Waals surface area contributed by atoms with Crippen LogP contribution in [0.5, 0.6) is 11.5 Å². The molecule has 1 aliphatic rings. The third-order valence-corrected chi connectivity index (χ3v) is 6.33. The Morgan fingerprint density at radius 2 is 1.46 bits per heavy atom. The molecule has 4 aromatic rings. The number of methoxy groups -OCH3 is 1. The van der Waals surface area contributed by atoms with Crippen molar-refractivity contribution < 1.29 is 19.0 Å². The van der Waals surface area contributed by atoms with Crippen LogP contribution >= 0.6 is 0 Å². The molecule has 1 amide bonds. The second-order valence-corrected chi connectivity index (χ2v) is 8.47. The molecule has 0 unspecified atom stereocenters. The SMILES string of the molecule is COc1ccc([C@@H]2c3ccccc3O[C@H](NC(=O)OCc3ccccc3)[C@H]2c2ccccc2)cc1. The Bertz CT molecular complexity index is 1260. The molecular weight excluding hydrogens is 438 g/mol. The summed E-state index contributed by atoms with van der Waals surface area (Å²) >= 11 is 0. The van der Waals surface area contributed by atoms with Gasteiger partial charge in [-0.05, 0) is 34.9 Å². The number of para-hydroxylation sites is 1. The van der Waals surface area contributed by atoms with Gasteiger partial charge in [-0.1, -0.05) is 91.0 Å². The van der Waals surface area contributed by atoms with Crippen molar-refractivity contribution in [1.82, 2.24) is 5.32 Å². The van der Waals surface area contributed by atoms with Crippen molar-refractivity contribution in [3.8, 4) is 11.5 Å². The van der Waals surface area contributed by atoms with Gasteiger partial charge in [-0.25, -0.2) is 4.79 Å². The van der Waals surface area contributed by atoms with Gasteiger partial charge >= 0.3 is 6.09 Å². The van der Waals surface area contributed by atoms with E-state index in [-0.39, 0.29) is 18.4 Å². The van der Waals surface area contributed by atoms with Crippen molar-refractivity contribution in [3.05, 3.63) is 131 Å². The molecule has 0 spiro atoms. The monoisotopic (exact) mass is 465 g/mol. The number of rotatable bonds is 6. The van der Waals surface area contributed by atoms with E-state index in [9.17, 15) is 4.79 Å². The van der Waals surface area contributed by atoms with Gasteiger partial charge in [0.2, 0.25) is 0 Å². The van der Waals surface area contributed by atoms with Crippen LogP contribution in [0.25, 0.3) is 0 Å². The van der Waals surface area contributed by atoms with Gasteiger partial charge < -0.3 is 14.2 Å². The number of nitrogens with one attached hydrogen (secondary N) is 1. The van der Waals surface area contributed by atoms with E-state index in [0.717, 1.165) is 33.8 Å². The van der Waals surface area contributed by atoms with Crippen molar-refractivity contribution in [2.24, 2.45) is 0 Å². The van der Waals surface area contributed by atoms with Gasteiger partial charge in [0.25, 0.3) is 0 Å².